The fraction of sp³-hybridized carbons (Fsp3) is 0.314. The zero-order valence-electron chi connectivity index (χ0n) is 73.0. The quantitative estimate of drug-likeness (QED) is 0.0899. The molecule has 0 unspecified atom stereocenters. The summed E-state index contributed by atoms with van der Waals surface area (Å²) < 4.78 is 79.3. The van der Waals surface area contributed by atoms with E-state index >= 15 is 0 Å². The Kier molecular flexibility index (Phi) is 26.9. The third-order valence-electron chi connectivity index (χ3n) is 22.2. The van der Waals surface area contributed by atoms with Gasteiger partial charge in [0.05, 0.1) is 62.2 Å². The molecule has 5 aromatic heterocycles. The van der Waals surface area contributed by atoms with Gasteiger partial charge in [0.2, 0.25) is 0 Å². The van der Waals surface area contributed by atoms with Crippen LogP contribution in [-0.4, -0.2) is 24.9 Å². The van der Waals surface area contributed by atoms with Gasteiger partial charge in [-0.2, -0.15) is 0 Å². The standard InChI is InChI=1S/2C21H24FN2.3C20H22FN2/c1-13(2)8-16-6-7-17-20(11-16)23-12-24(5)21(17)18-9-15(4)19(22)10-14(18)3;1-13(2)9-16-7-6-8-17-20(16)23-12-24(5)21(17)18-10-15(4)19(22)11-14(18)3;1-12(2)15-6-7-19-17(10-15)20(23(5)11-22-19)16-8-14(4)18(21)9-13(16)3;1-12(2)15-6-7-16-19(10-15)22-11-23(5)20(16)17-8-14(4)18(21)9-13(17)3;1-12(2)15-7-6-8-16-19(15)22-11-23(5)20(16)17-9-14(4)18(21)10-13(17)3/h6-7,9-13H,8H2,1-5H3;6-8,10-13H,9H2,1-5H3;3*6-12H,1-5H3/q5*+1. The third-order valence-corrected chi connectivity index (χ3v) is 22.2. The van der Waals surface area contributed by atoms with Crippen molar-refractivity contribution in [3.63, 3.8) is 0 Å². The highest BCUT2D eigenvalue weighted by Gasteiger charge is 2.26. The molecule has 15 aromatic rings. The van der Waals surface area contributed by atoms with E-state index in [1.807, 2.05) is 169 Å². The fourth-order valence-electron chi connectivity index (χ4n) is 15.6. The minimum Gasteiger partial charge on any atom is -0.232 e. The lowest BCUT2D eigenvalue weighted by Crippen LogP contribution is -2.32. The topological polar surface area (TPSA) is 83.8 Å². The molecule has 602 valence electrons. The Morgan fingerprint density at radius 1 is 0.274 bits per heavy atom. The second-order valence-electron chi connectivity index (χ2n) is 33.7. The molecule has 0 aliphatic rings. The summed E-state index contributed by atoms with van der Waals surface area (Å²) in [4.78, 5) is 23.0. The van der Waals surface area contributed by atoms with Gasteiger partial charge in [-0.3, -0.25) is 0 Å². The minimum atomic E-state index is -0.158. The van der Waals surface area contributed by atoms with E-state index in [1.54, 1.807) is 51.1 Å². The number of rotatable bonds is 12. The molecule has 0 saturated carbocycles. The summed E-state index contributed by atoms with van der Waals surface area (Å²) >= 11 is 0. The van der Waals surface area contributed by atoms with Crippen LogP contribution in [-0.2, 0) is 48.1 Å². The predicted octanol–water partition coefficient (Wildman–Crippen LogP) is 23.2. The lowest BCUT2D eigenvalue weighted by molar-refractivity contribution is -0.662. The number of hydrogen-bond donors (Lipinski definition) is 0. The van der Waals surface area contributed by atoms with E-state index in [0.717, 1.165) is 151 Å². The minimum absolute atomic E-state index is 0.155. The van der Waals surface area contributed by atoms with E-state index in [4.69, 9.17) is 0 Å². The zero-order chi connectivity index (χ0) is 85.0. The Hall–Kier alpha value is -11.5. The van der Waals surface area contributed by atoms with Gasteiger partial charge in [0, 0.05) is 38.9 Å². The number of aryl methyl sites for hydroxylation is 15. The molecule has 5 heterocycles. The van der Waals surface area contributed by atoms with E-state index in [0.29, 0.717) is 57.4 Å². The Labute approximate surface area is 688 Å². The molecule has 0 aliphatic heterocycles. The Morgan fingerprint density at radius 2 is 0.598 bits per heavy atom. The average Bonchev–Trinajstić information content (AvgIpc) is 0.795. The van der Waals surface area contributed by atoms with Crippen LogP contribution in [0.2, 0.25) is 0 Å². The Morgan fingerprint density at radius 3 is 0.991 bits per heavy atom. The van der Waals surface area contributed by atoms with Crippen LogP contribution in [0.5, 0.6) is 0 Å². The zero-order valence-corrected chi connectivity index (χ0v) is 73.0. The largest absolute Gasteiger partial charge is 0.287 e. The third kappa shape index (κ3) is 19.0. The molecule has 0 amide bonds. The maximum absolute atomic E-state index is 13.9. The molecule has 0 saturated heterocycles. The SMILES string of the molecule is Cc1cc(-c2c3cc(C(C)C)ccc3nc[n+]2C)c(C)cc1F.Cc1cc(-c2c3ccc(C(C)C)cc3nc[n+]2C)c(C)cc1F.Cc1cc(-c2c3ccc(CC(C)C)cc3nc[n+]2C)c(C)cc1F.Cc1cc(-c2c3cccc(C(C)C)c3nc[n+]2C)c(C)cc1F.Cc1cc(-c2c3cccc(CC(C)C)c3nc[n+]2C)c(C)cc1F. The van der Waals surface area contributed by atoms with E-state index in [-0.39, 0.29) is 29.1 Å². The lowest BCUT2D eigenvalue weighted by atomic mass is 9.95. The molecule has 0 fully saturated rings. The first-order valence-electron chi connectivity index (χ1n) is 40.6. The first-order valence-corrected chi connectivity index (χ1v) is 40.6. The van der Waals surface area contributed by atoms with Crippen LogP contribution in [0.4, 0.5) is 22.0 Å². The van der Waals surface area contributed by atoms with Crippen molar-refractivity contribution in [2.24, 2.45) is 47.1 Å². The molecule has 0 radical (unpaired) electrons. The number of benzene rings is 10. The first kappa shape index (κ1) is 86.4. The van der Waals surface area contributed by atoms with Crippen molar-refractivity contribution in [1.82, 2.24) is 24.9 Å². The summed E-state index contributed by atoms with van der Waals surface area (Å²) in [6.45, 7) is 40.8. The smallest absolute Gasteiger partial charge is 0.232 e. The summed E-state index contributed by atoms with van der Waals surface area (Å²) in [5, 5.41) is 5.52. The number of hydrogen-bond acceptors (Lipinski definition) is 5. The van der Waals surface area contributed by atoms with Crippen LogP contribution in [0.25, 0.3) is 111 Å². The number of halogens is 5. The molecule has 15 heteroatoms. The summed E-state index contributed by atoms with van der Waals surface area (Å²) in [5.41, 5.74) is 30.0. The van der Waals surface area contributed by atoms with Crippen LogP contribution in [0, 0.1) is 110 Å². The first-order chi connectivity index (χ1) is 55.4. The van der Waals surface area contributed by atoms with Crippen molar-refractivity contribution in [1.29, 1.82) is 0 Å². The average molecular weight is 1580 g/mol. The lowest BCUT2D eigenvalue weighted by Gasteiger charge is -2.12. The maximum Gasteiger partial charge on any atom is 0.287 e. The van der Waals surface area contributed by atoms with Gasteiger partial charge in [0.25, 0.3) is 31.6 Å². The Bertz CT molecular complexity index is 6210. The van der Waals surface area contributed by atoms with Crippen LogP contribution >= 0.6 is 0 Å². The maximum atomic E-state index is 13.9. The molecule has 10 nitrogen and oxygen atoms in total. The molecule has 0 atom stereocenters. The van der Waals surface area contributed by atoms with Gasteiger partial charge in [0.15, 0.2) is 27.6 Å². The van der Waals surface area contributed by atoms with Gasteiger partial charge >= 0.3 is 0 Å². The highest BCUT2D eigenvalue weighted by molar-refractivity contribution is 5.97. The van der Waals surface area contributed by atoms with Gasteiger partial charge in [-0.05, 0) is 318 Å². The molecule has 0 spiro atoms. The fourth-order valence-corrected chi connectivity index (χ4v) is 15.6. The molecular weight excluding hydrogens is 1460 g/mol. The van der Waals surface area contributed by atoms with E-state index < -0.39 is 0 Å². The highest BCUT2D eigenvalue weighted by atomic mass is 19.1. The molecule has 15 rings (SSSR count). The van der Waals surface area contributed by atoms with Gasteiger partial charge in [0.1, 0.15) is 57.6 Å². The number of para-hydroxylation sites is 2. The van der Waals surface area contributed by atoms with Crippen LogP contribution in [0.15, 0.2) is 183 Å². The molecule has 0 aliphatic carbocycles. The van der Waals surface area contributed by atoms with Crippen LogP contribution in [0.3, 0.4) is 0 Å². The summed E-state index contributed by atoms with van der Waals surface area (Å²) in [6, 6.07) is 49.7. The second kappa shape index (κ2) is 36.4. The molecule has 0 bridgehead atoms. The number of nitrogens with zero attached hydrogens (tertiary/aromatic N) is 10. The van der Waals surface area contributed by atoms with Gasteiger partial charge in [-0.15, -0.1) is 0 Å². The number of fused-ring (bicyclic) bond motifs is 5. The van der Waals surface area contributed by atoms with Crippen molar-refractivity contribution in [3.8, 4) is 56.3 Å². The van der Waals surface area contributed by atoms with Gasteiger partial charge in [-0.1, -0.05) is 112 Å². The van der Waals surface area contributed by atoms with Crippen molar-refractivity contribution >= 4 is 54.5 Å². The Balaban J connectivity index is 0.000000144. The van der Waals surface area contributed by atoms with Crippen LogP contribution < -0.4 is 22.8 Å². The predicted molar refractivity (Wildman–Crippen MR) is 468 cm³/mol. The highest BCUT2D eigenvalue weighted by Crippen LogP contribution is 2.38. The normalized spacial score (nSPS) is 11.4. The molecule has 0 N–H and O–H groups in total. The molecule has 117 heavy (non-hydrogen) atoms. The molecular formula is C102H114F5N10+5. The second-order valence-corrected chi connectivity index (χ2v) is 33.7. The summed E-state index contributed by atoms with van der Waals surface area (Å²) in [6.07, 6.45) is 11.3. The van der Waals surface area contributed by atoms with Crippen LogP contribution in [0.1, 0.15) is 170 Å². The summed E-state index contributed by atoms with van der Waals surface area (Å²) in [7, 11) is 9.94. The van der Waals surface area contributed by atoms with Crippen molar-refractivity contribution in [2.45, 2.75) is 169 Å². The number of aromatic nitrogens is 10. The van der Waals surface area contributed by atoms with Crippen molar-refractivity contribution in [2.75, 3.05) is 0 Å². The van der Waals surface area contributed by atoms with Gasteiger partial charge < -0.3 is 0 Å². The van der Waals surface area contributed by atoms with E-state index in [1.165, 1.54) is 27.8 Å². The molecule has 10 aromatic carbocycles. The van der Waals surface area contributed by atoms with Crippen molar-refractivity contribution in [3.05, 3.63) is 296 Å². The van der Waals surface area contributed by atoms with E-state index in [2.05, 4.69) is 185 Å². The monoisotopic (exact) mass is 1570 g/mol. The van der Waals surface area contributed by atoms with Gasteiger partial charge in [-0.25, -0.2) is 44.8 Å². The van der Waals surface area contributed by atoms with E-state index in [9.17, 15) is 22.0 Å². The van der Waals surface area contributed by atoms with Crippen molar-refractivity contribution < 1.29 is 44.8 Å². The summed E-state index contributed by atoms with van der Waals surface area (Å²) in [5.74, 6) is 1.73.